The van der Waals surface area contributed by atoms with Gasteiger partial charge in [-0.05, 0) is 24.6 Å². The summed E-state index contributed by atoms with van der Waals surface area (Å²) < 4.78 is 1.51. The summed E-state index contributed by atoms with van der Waals surface area (Å²) in [4.78, 5) is 46.7. The Morgan fingerprint density at radius 3 is 2.81 bits per heavy atom. The summed E-state index contributed by atoms with van der Waals surface area (Å²) >= 11 is 0. The lowest BCUT2D eigenvalue weighted by Crippen LogP contribution is -2.54. The molecule has 4 rings (SSSR count). The van der Waals surface area contributed by atoms with Crippen LogP contribution in [0.1, 0.15) is 28.9 Å². The molecule has 2 amide bonds. The third-order valence-electron chi connectivity index (χ3n) is 5.50. The first-order valence-corrected chi connectivity index (χ1v) is 9.62. The van der Waals surface area contributed by atoms with E-state index in [0.29, 0.717) is 43.7 Å². The van der Waals surface area contributed by atoms with Crippen molar-refractivity contribution in [1.29, 1.82) is 5.26 Å². The summed E-state index contributed by atoms with van der Waals surface area (Å²) in [5.74, 6) is -0.204. The molecule has 12 nitrogen and oxygen atoms in total. The van der Waals surface area contributed by atoms with Crippen molar-refractivity contribution in [2.75, 3.05) is 30.3 Å². The molecular formula is C19H20N8O4. The molecule has 0 saturated carbocycles. The highest BCUT2D eigenvalue weighted by molar-refractivity contribution is 5.97. The third kappa shape index (κ3) is 3.66. The number of hydrogen-bond donors (Lipinski definition) is 4. The zero-order valence-electron chi connectivity index (χ0n) is 16.7. The van der Waals surface area contributed by atoms with Gasteiger partial charge in [0.25, 0.3) is 11.5 Å². The van der Waals surface area contributed by atoms with Crippen LogP contribution in [0, 0.1) is 18.3 Å². The molecule has 1 fully saturated rings. The van der Waals surface area contributed by atoms with E-state index >= 15 is 0 Å². The van der Waals surface area contributed by atoms with Gasteiger partial charge in [-0.2, -0.15) is 10.2 Å². The number of likely N-dealkylation sites (tertiary alicyclic amines) is 1. The number of amides is 2. The van der Waals surface area contributed by atoms with Gasteiger partial charge in [0.1, 0.15) is 22.9 Å². The highest BCUT2D eigenvalue weighted by Crippen LogP contribution is 2.34. The van der Waals surface area contributed by atoms with Gasteiger partial charge in [0, 0.05) is 32.1 Å². The SMILES string of the molecule is Cc1cc(Nc2ccnc(NC(=O)O)n2)c(=O)n2c1C(=O)NC21CCN(CC#N)CC1. The van der Waals surface area contributed by atoms with Crippen LogP contribution in [0.4, 0.5) is 22.2 Å². The minimum atomic E-state index is -1.31. The number of aryl methyl sites for hydroxylation is 1. The van der Waals surface area contributed by atoms with Crippen molar-refractivity contribution < 1.29 is 14.7 Å². The number of pyridine rings is 1. The molecule has 1 spiro atoms. The zero-order chi connectivity index (χ0) is 22.2. The van der Waals surface area contributed by atoms with Gasteiger partial charge in [-0.25, -0.2) is 9.78 Å². The maximum atomic E-state index is 13.4. The molecule has 160 valence electrons. The second kappa shape index (κ2) is 7.69. The standard InChI is InChI=1S/C19H20N8O4/c1-11-10-12(22-13-2-6-21-17(23-13)24-18(30)31)16(29)27-14(11)15(28)25-19(27)3-7-26(8-4-19)9-5-20/h2,6,10H,3-4,7-9H2,1H3,(H,25,28)(H,30,31)(H2,21,22,23,24). The Kier molecular flexibility index (Phi) is 5.04. The first kappa shape index (κ1) is 20.3. The summed E-state index contributed by atoms with van der Waals surface area (Å²) in [5.41, 5.74) is -0.0933. The van der Waals surface area contributed by atoms with Crippen molar-refractivity contribution in [3.63, 3.8) is 0 Å². The number of nitrogens with one attached hydrogen (secondary N) is 3. The number of carbonyl (C=O) groups excluding carboxylic acids is 1. The number of nitrogens with zero attached hydrogens (tertiary/aromatic N) is 5. The van der Waals surface area contributed by atoms with E-state index in [2.05, 4.69) is 32.0 Å². The quantitative estimate of drug-likeness (QED) is 0.519. The van der Waals surface area contributed by atoms with Crippen molar-refractivity contribution in [1.82, 2.24) is 24.8 Å². The van der Waals surface area contributed by atoms with E-state index in [1.807, 2.05) is 4.90 Å². The maximum Gasteiger partial charge on any atom is 0.411 e. The first-order chi connectivity index (χ1) is 14.8. The molecule has 12 heteroatoms. The number of carboxylic acid groups (broad SMARTS) is 1. The Hall–Kier alpha value is -3.98. The van der Waals surface area contributed by atoms with Crippen LogP contribution in [-0.2, 0) is 5.66 Å². The lowest BCUT2D eigenvalue weighted by atomic mass is 9.97. The zero-order valence-corrected chi connectivity index (χ0v) is 16.7. The summed E-state index contributed by atoms with van der Waals surface area (Å²) in [6.45, 7) is 3.20. The van der Waals surface area contributed by atoms with Gasteiger partial charge < -0.3 is 15.7 Å². The molecule has 4 N–H and O–H groups in total. The highest BCUT2D eigenvalue weighted by atomic mass is 16.4. The van der Waals surface area contributed by atoms with Crippen LogP contribution in [0.3, 0.4) is 0 Å². The number of piperidine rings is 1. The smallest absolute Gasteiger partial charge is 0.411 e. The van der Waals surface area contributed by atoms with Crippen LogP contribution < -0.4 is 21.5 Å². The number of anilines is 3. The van der Waals surface area contributed by atoms with Crippen LogP contribution in [0.25, 0.3) is 0 Å². The van der Waals surface area contributed by atoms with Gasteiger partial charge in [0.15, 0.2) is 0 Å². The van der Waals surface area contributed by atoms with E-state index < -0.39 is 11.8 Å². The number of rotatable bonds is 4. The van der Waals surface area contributed by atoms with E-state index in [0.717, 1.165) is 0 Å². The second-order valence-electron chi connectivity index (χ2n) is 7.47. The Morgan fingerprint density at radius 2 is 2.13 bits per heavy atom. The number of nitriles is 1. The molecule has 2 aliphatic heterocycles. The normalized spacial score (nSPS) is 17.0. The average molecular weight is 424 g/mol. The van der Waals surface area contributed by atoms with Gasteiger partial charge in [-0.15, -0.1) is 0 Å². The molecule has 0 aromatic carbocycles. The molecule has 2 aliphatic rings. The largest absolute Gasteiger partial charge is 0.465 e. The summed E-state index contributed by atoms with van der Waals surface area (Å²) in [6.07, 6.45) is 1.04. The van der Waals surface area contributed by atoms with Crippen LogP contribution in [0.5, 0.6) is 0 Å². The minimum Gasteiger partial charge on any atom is -0.465 e. The number of aromatic nitrogens is 3. The lowest BCUT2D eigenvalue weighted by molar-refractivity contribution is 0.0777. The number of carbonyl (C=O) groups is 2. The fourth-order valence-corrected chi connectivity index (χ4v) is 4.10. The molecule has 2 aromatic rings. The summed E-state index contributed by atoms with van der Waals surface area (Å²) in [6, 6.07) is 5.20. The number of fused-ring (bicyclic) bond motifs is 2. The Balaban J connectivity index is 1.70. The first-order valence-electron chi connectivity index (χ1n) is 9.62. The van der Waals surface area contributed by atoms with Crippen LogP contribution in [0.2, 0.25) is 0 Å². The highest BCUT2D eigenvalue weighted by Gasteiger charge is 2.46. The molecule has 2 aromatic heterocycles. The molecule has 1 saturated heterocycles. The fourth-order valence-electron chi connectivity index (χ4n) is 4.10. The lowest BCUT2D eigenvalue weighted by Gasteiger charge is -2.39. The van der Waals surface area contributed by atoms with Crippen LogP contribution in [-0.4, -0.2) is 56.2 Å². The average Bonchev–Trinajstić information content (AvgIpc) is 3.00. The topological polar surface area (TPSA) is 165 Å². The molecule has 0 bridgehead atoms. The van der Waals surface area contributed by atoms with Crippen molar-refractivity contribution in [2.45, 2.75) is 25.4 Å². The third-order valence-corrected chi connectivity index (χ3v) is 5.50. The maximum absolute atomic E-state index is 13.4. The van der Waals surface area contributed by atoms with Gasteiger partial charge in [-0.3, -0.25) is 24.4 Å². The van der Waals surface area contributed by atoms with Gasteiger partial charge in [0.2, 0.25) is 5.95 Å². The van der Waals surface area contributed by atoms with E-state index in [4.69, 9.17) is 10.4 Å². The predicted octanol–water partition coefficient (Wildman–Crippen LogP) is 0.796. The molecule has 0 radical (unpaired) electrons. The number of hydrogen-bond acceptors (Lipinski definition) is 8. The van der Waals surface area contributed by atoms with Crippen LogP contribution >= 0.6 is 0 Å². The Bertz CT molecular complexity index is 1160. The molecule has 0 atom stereocenters. The van der Waals surface area contributed by atoms with E-state index in [1.165, 1.54) is 16.8 Å². The van der Waals surface area contributed by atoms with E-state index in [9.17, 15) is 14.4 Å². The molecule has 0 unspecified atom stereocenters. The minimum absolute atomic E-state index is 0.131. The van der Waals surface area contributed by atoms with E-state index in [1.54, 1.807) is 13.0 Å². The molecular weight excluding hydrogens is 404 g/mol. The van der Waals surface area contributed by atoms with E-state index in [-0.39, 0.29) is 28.9 Å². The summed E-state index contributed by atoms with van der Waals surface area (Å²) in [7, 11) is 0. The Labute approximate surface area is 176 Å². The van der Waals surface area contributed by atoms with Crippen molar-refractivity contribution >= 4 is 29.5 Å². The summed E-state index contributed by atoms with van der Waals surface area (Å²) in [5, 5.41) is 25.7. The monoisotopic (exact) mass is 424 g/mol. The Morgan fingerprint density at radius 1 is 1.39 bits per heavy atom. The molecule has 31 heavy (non-hydrogen) atoms. The van der Waals surface area contributed by atoms with Crippen LogP contribution in [0.15, 0.2) is 23.1 Å². The van der Waals surface area contributed by atoms with Gasteiger partial charge in [0.05, 0.1) is 12.6 Å². The molecule has 4 heterocycles. The van der Waals surface area contributed by atoms with Gasteiger partial charge >= 0.3 is 6.09 Å². The van der Waals surface area contributed by atoms with Crippen molar-refractivity contribution in [3.8, 4) is 6.07 Å². The predicted molar refractivity (Wildman–Crippen MR) is 109 cm³/mol. The van der Waals surface area contributed by atoms with Crippen molar-refractivity contribution in [3.05, 3.63) is 39.9 Å². The second-order valence-corrected chi connectivity index (χ2v) is 7.47. The fraction of sp³-hybridized carbons (Fsp3) is 0.368. The van der Waals surface area contributed by atoms with Gasteiger partial charge in [-0.1, -0.05) is 0 Å². The van der Waals surface area contributed by atoms with Crippen molar-refractivity contribution in [2.24, 2.45) is 0 Å². The molecule has 0 aliphatic carbocycles.